The summed E-state index contributed by atoms with van der Waals surface area (Å²) in [6.45, 7) is 2.01. The number of carbonyl (C=O) groups excluding carboxylic acids is 3. The van der Waals surface area contributed by atoms with E-state index in [1.165, 1.54) is 0 Å². The van der Waals surface area contributed by atoms with Gasteiger partial charge in [-0.25, -0.2) is 9.59 Å². The van der Waals surface area contributed by atoms with E-state index in [1.54, 1.807) is 0 Å². The Morgan fingerprint density at radius 3 is 2.21 bits per heavy atom. The average molecular weight is 468 g/mol. The molecule has 8 nitrogen and oxygen atoms in total. The maximum absolute atomic E-state index is 13.2. The van der Waals surface area contributed by atoms with Crippen molar-refractivity contribution in [2.75, 3.05) is 0 Å². The van der Waals surface area contributed by atoms with Crippen molar-refractivity contribution in [2.24, 2.45) is 5.73 Å². The van der Waals surface area contributed by atoms with Gasteiger partial charge in [0.25, 0.3) is 5.91 Å². The minimum absolute atomic E-state index is 0.0631. The van der Waals surface area contributed by atoms with E-state index < -0.39 is 36.2 Å². The summed E-state index contributed by atoms with van der Waals surface area (Å²) in [5.74, 6) is -1.13. The first-order valence-corrected chi connectivity index (χ1v) is 11.7. The van der Waals surface area contributed by atoms with E-state index in [4.69, 9.17) is 15.2 Å². The van der Waals surface area contributed by atoms with Crippen LogP contribution in [0.4, 0.5) is 4.79 Å². The van der Waals surface area contributed by atoms with Crippen LogP contribution < -0.4 is 16.4 Å². The first-order chi connectivity index (χ1) is 16.5. The molecule has 3 rings (SSSR count). The van der Waals surface area contributed by atoms with Gasteiger partial charge >= 0.3 is 12.1 Å². The van der Waals surface area contributed by atoms with Crippen LogP contribution in [0, 0.1) is 0 Å². The number of rotatable bonds is 12. The fourth-order valence-corrected chi connectivity index (χ4v) is 3.49. The van der Waals surface area contributed by atoms with Gasteiger partial charge in [-0.1, -0.05) is 74.0 Å². The van der Waals surface area contributed by atoms with Gasteiger partial charge < -0.3 is 25.8 Å². The lowest BCUT2D eigenvalue weighted by molar-refractivity contribution is -0.159. The van der Waals surface area contributed by atoms with Crippen LogP contribution in [0.25, 0.3) is 0 Å². The molecule has 182 valence electrons. The second-order valence-corrected chi connectivity index (χ2v) is 8.54. The Morgan fingerprint density at radius 1 is 1.00 bits per heavy atom. The molecule has 1 fully saturated rings. The van der Waals surface area contributed by atoms with E-state index in [-0.39, 0.29) is 19.1 Å². The zero-order valence-corrected chi connectivity index (χ0v) is 19.4. The molecule has 0 radical (unpaired) electrons. The summed E-state index contributed by atoms with van der Waals surface area (Å²) in [5.41, 5.74) is 7.84. The smallest absolute Gasteiger partial charge is 0.408 e. The van der Waals surface area contributed by atoms with E-state index in [2.05, 4.69) is 10.6 Å². The van der Waals surface area contributed by atoms with E-state index in [0.29, 0.717) is 6.42 Å². The van der Waals surface area contributed by atoms with Crippen LogP contribution >= 0.6 is 0 Å². The lowest BCUT2D eigenvalue weighted by Gasteiger charge is -2.26. The Morgan fingerprint density at radius 2 is 1.62 bits per heavy atom. The van der Waals surface area contributed by atoms with Gasteiger partial charge in [0.1, 0.15) is 12.6 Å². The fraction of sp³-hybridized carbons (Fsp3) is 0.423. The van der Waals surface area contributed by atoms with Gasteiger partial charge in [0.05, 0.1) is 6.04 Å². The molecule has 1 unspecified atom stereocenters. The van der Waals surface area contributed by atoms with Crippen LogP contribution in [-0.4, -0.2) is 42.2 Å². The Kier molecular flexibility index (Phi) is 9.46. The lowest BCUT2D eigenvalue weighted by atomic mass is 10.0. The summed E-state index contributed by atoms with van der Waals surface area (Å²) in [5, 5.41) is 5.45. The van der Waals surface area contributed by atoms with Gasteiger partial charge in [-0.05, 0) is 30.4 Å². The molecule has 0 aliphatic heterocycles. The maximum atomic E-state index is 13.2. The molecule has 1 aliphatic rings. The van der Waals surface area contributed by atoms with Crippen LogP contribution in [0.2, 0.25) is 0 Å². The number of hydrogen-bond donors (Lipinski definition) is 3. The van der Waals surface area contributed by atoms with Crippen LogP contribution in [0.15, 0.2) is 60.7 Å². The Labute approximate surface area is 200 Å². The minimum atomic E-state index is -1.13. The zero-order valence-electron chi connectivity index (χ0n) is 19.4. The molecule has 2 aromatic carbocycles. The lowest BCUT2D eigenvalue weighted by Crippen LogP contribution is -2.52. The van der Waals surface area contributed by atoms with Gasteiger partial charge in [0.2, 0.25) is 0 Å². The third-order valence-corrected chi connectivity index (χ3v) is 5.51. The molecular weight excluding hydrogens is 434 g/mol. The highest BCUT2D eigenvalue weighted by molar-refractivity contribution is 5.87. The van der Waals surface area contributed by atoms with Crippen LogP contribution in [0.3, 0.4) is 0 Å². The van der Waals surface area contributed by atoms with Gasteiger partial charge in [-0.2, -0.15) is 0 Å². The first kappa shape index (κ1) is 25.2. The van der Waals surface area contributed by atoms with E-state index in [9.17, 15) is 14.4 Å². The molecule has 0 aromatic heterocycles. The number of amides is 2. The summed E-state index contributed by atoms with van der Waals surface area (Å²) >= 11 is 0. The summed E-state index contributed by atoms with van der Waals surface area (Å²) in [7, 11) is 0. The predicted octanol–water partition coefficient (Wildman–Crippen LogP) is 2.84. The molecule has 8 heteroatoms. The molecule has 1 saturated carbocycles. The molecule has 3 atom stereocenters. The Balaban J connectivity index is 1.68. The highest BCUT2D eigenvalue weighted by Gasteiger charge is 2.35. The normalized spacial score (nSPS) is 15.5. The van der Waals surface area contributed by atoms with Gasteiger partial charge in [0.15, 0.2) is 6.10 Å². The molecule has 2 amide bonds. The summed E-state index contributed by atoms with van der Waals surface area (Å²) < 4.78 is 10.9. The largest absolute Gasteiger partial charge is 0.449 e. The molecule has 34 heavy (non-hydrogen) atoms. The number of alkyl carbamates (subject to hydrolysis) is 1. The van der Waals surface area contributed by atoms with Crippen LogP contribution in [0.1, 0.15) is 43.7 Å². The Hall–Kier alpha value is -3.39. The predicted molar refractivity (Wildman–Crippen MR) is 128 cm³/mol. The summed E-state index contributed by atoms with van der Waals surface area (Å²) in [6, 6.07) is 16.9. The highest BCUT2D eigenvalue weighted by Crippen LogP contribution is 2.20. The second kappa shape index (κ2) is 12.7. The van der Waals surface area contributed by atoms with E-state index >= 15 is 0 Å². The first-order valence-electron chi connectivity index (χ1n) is 11.7. The molecule has 2 aromatic rings. The van der Waals surface area contributed by atoms with E-state index in [0.717, 1.165) is 30.4 Å². The number of esters is 1. The van der Waals surface area contributed by atoms with Crippen molar-refractivity contribution in [1.82, 2.24) is 10.6 Å². The topological polar surface area (TPSA) is 120 Å². The number of ether oxygens (including phenoxy) is 2. The monoisotopic (exact) mass is 467 g/mol. The Bertz CT molecular complexity index is 934. The van der Waals surface area contributed by atoms with Crippen molar-refractivity contribution < 1.29 is 23.9 Å². The SMILES string of the molecule is CCC[C@H](N)[C@H](OC(=O)C(Cc1ccccc1)NC(=O)OCc1ccccc1)C(=O)NC1CC1. The number of nitrogens with one attached hydrogen (secondary N) is 2. The van der Waals surface area contributed by atoms with Gasteiger partial charge in [-0.15, -0.1) is 0 Å². The average Bonchev–Trinajstić information content (AvgIpc) is 3.66. The van der Waals surface area contributed by atoms with Gasteiger partial charge in [0, 0.05) is 12.5 Å². The molecule has 0 heterocycles. The number of nitrogens with two attached hydrogens (primary N) is 1. The summed E-state index contributed by atoms with van der Waals surface area (Å²) in [6.07, 6.45) is 1.36. The quantitative estimate of drug-likeness (QED) is 0.413. The van der Waals surface area contributed by atoms with E-state index in [1.807, 2.05) is 67.6 Å². The number of carbonyl (C=O) groups is 3. The highest BCUT2D eigenvalue weighted by atomic mass is 16.6. The molecule has 1 aliphatic carbocycles. The third kappa shape index (κ3) is 8.19. The molecule has 0 saturated heterocycles. The zero-order chi connectivity index (χ0) is 24.3. The van der Waals surface area contributed by atoms with Crippen LogP contribution in [-0.2, 0) is 32.1 Å². The molecular formula is C26H33N3O5. The maximum Gasteiger partial charge on any atom is 0.408 e. The van der Waals surface area contributed by atoms with Crippen molar-refractivity contribution in [3.8, 4) is 0 Å². The molecule has 0 bridgehead atoms. The van der Waals surface area contributed by atoms with Crippen molar-refractivity contribution in [3.63, 3.8) is 0 Å². The summed E-state index contributed by atoms with van der Waals surface area (Å²) in [4.78, 5) is 38.4. The number of benzene rings is 2. The number of hydrogen-bond acceptors (Lipinski definition) is 6. The van der Waals surface area contributed by atoms with Crippen molar-refractivity contribution in [2.45, 2.75) is 69.9 Å². The van der Waals surface area contributed by atoms with Crippen molar-refractivity contribution >= 4 is 18.0 Å². The standard InChI is InChI=1S/C26H33N3O5/c1-2-9-21(27)23(24(30)28-20-14-15-20)34-25(31)22(16-18-10-5-3-6-11-18)29-26(32)33-17-19-12-7-4-8-13-19/h3-8,10-13,20-23H,2,9,14-17,27H2,1H3,(H,28,30)(H,29,32)/t21-,22?,23-/m0/s1. The van der Waals surface area contributed by atoms with Crippen molar-refractivity contribution in [1.29, 1.82) is 0 Å². The van der Waals surface area contributed by atoms with Gasteiger partial charge in [-0.3, -0.25) is 4.79 Å². The molecule has 4 N–H and O–H groups in total. The minimum Gasteiger partial charge on any atom is -0.449 e. The fourth-order valence-electron chi connectivity index (χ4n) is 3.49. The molecule has 0 spiro atoms. The second-order valence-electron chi connectivity index (χ2n) is 8.54. The third-order valence-electron chi connectivity index (χ3n) is 5.51. The van der Waals surface area contributed by atoms with Crippen molar-refractivity contribution in [3.05, 3.63) is 71.8 Å². The van der Waals surface area contributed by atoms with Crippen LogP contribution in [0.5, 0.6) is 0 Å².